The normalized spacial score (nSPS) is 22.2. The van der Waals surface area contributed by atoms with Crippen molar-refractivity contribution >= 4 is 53.0 Å². The standard InChI is InChI=1S/C22H30N4O5S2/c1-31-21(29)17-8-5-9-25(17)20(28)18-11-15(12-26(18)19(27)13-32-2)24-22(30)23-14-6-4-7-16(10-14)33-3/h4,6-7,10,15,17-18H,5,8-9,11-13H2,1-3H3,(H2,23,24,30). The van der Waals surface area contributed by atoms with Crippen molar-refractivity contribution in [2.45, 2.75) is 42.3 Å². The molecule has 180 valence electrons. The number of amides is 4. The maximum absolute atomic E-state index is 13.4. The number of benzene rings is 1. The zero-order chi connectivity index (χ0) is 24.0. The van der Waals surface area contributed by atoms with Crippen LogP contribution in [0, 0.1) is 0 Å². The number of esters is 1. The number of ether oxygens (including phenoxy) is 1. The number of hydrogen-bond acceptors (Lipinski definition) is 7. The van der Waals surface area contributed by atoms with E-state index in [0.29, 0.717) is 31.5 Å². The van der Waals surface area contributed by atoms with Crippen LogP contribution in [-0.2, 0) is 19.1 Å². The van der Waals surface area contributed by atoms with E-state index in [9.17, 15) is 19.2 Å². The summed E-state index contributed by atoms with van der Waals surface area (Å²) in [6, 6.07) is 5.37. The molecule has 2 aliphatic rings. The van der Waals surface area contributed by atoms with E-state index in [1.807, 2.05) is 30.7 Å². The number of nitrogens with zero attached hydrogens (tertiary/aromatic N) is 2. The summed E-state index contributed by atoms with van der Waals surface area (Å²) in [5, 5.41) is 5.71. The molecule has 0 aromatic heterocycles. The Labute approximate surface area is 202 Å². The molecule has 11 heteroatoms. The van der Waals surface area contributed by atoms with Crippen LogP contribution in [0.2, 0.25) is 0 Å². The van der Waals surface area contributed by atoms with E-state index in [1.165, 1.54) is 28.7 Å². The van der Waals surface area contributed by atoms with Crippen LogP contribution in [0.3, 0.4) is 0 Å². The van der Waals surface area contributed by atoms with Crippen molar-refractivity contribution < 1.29 is 23.9 Å². The van der Waals surface area contributed by atoms with Crippen molar-refractivity contribution in [1.82, 2.24) is 15.1 Å². The summed E-state index contributed by atoms with van der Waals surface area (Å²) < 4.78 is 4.85. The van der Waals surface area contributed by atoms with Crippen LogP contribution >= 0.6 is 23.5 Å². The lowest BCUT2D eigenvalue weighted by atomic mass is 10.1. The van der Waals surface area contributed by atoms with Crippen LogP contribution in [-0.4, -0.2) is 90.2 Å². The average molecular weight is 495 g/mol. The first kappa shape index (κ1) is 25.2. The van der Waals surface area contributed by atoms with Crippen molar-refractivity contribution in [3.05, 3.63) is 24.3 Å². The van der Waals surface area contributed by atoms with Crippen molar-refractivity contribution in [3.63, 3.8) is 0 Å². The number of thioether (sulfide) groups is 2. The zero-order valence-corrected chi connectivity index (χ0v) is 20.7. The Morgan fingerprint density at radius 1 is 1.15 bits per heavy atom. The molecule has 0 spiro atoms. The second-order valence-electron chi connectivity index (χ2n) is 7.97. The van der Waals surface area contributed by atoms with Gasteiger partial charge in [0.1, 0.15) is 12.1 Å². The minimum Gasteiger partial charge on any atom is -0.467 e. The molecule has 2 N–H and O–H groups in total. The molecule has 0 saturated carbocycles. The average Bonchev–Trinajstić information content (AvgIpc) is 3.46. The van der Waals surface area contributed by atoms with E-state index < -0.39 is 24.1 Å². The van der Waals surface area contributed by atoms with E-state index in [0.717, 1.165) is 4.90 Å². The van der Waals surface area contributed by atoms with E-state index in [1.54, 1.807) is 17.8 Å². The second kappa shape index (κ2) is 11.6. The third-order valence-electron chi connectivity index (χ3n) is 5.85. The van der Waals surface area contributed by atoms with Gasteiger partial charge >= 0.3 is 12.0 Å². The number of anilines is 1. The van der Waals surface area contributed by atoms with Gasteiger partial charge in [0.15, 0.2) is 0 Å². The fraction of sp³-hybridized carbons (Fsp3) is 0.545. The first-order valence-electron chi connectivity index (χ1n) is 10.8. The largest absolute Gasteiger partial charge is 0.467 e. The summed E-state index contributed by atoms with van der Waals surface area (Å²) in [5.41, 5.74) is 0.665. The highest BCUT2D eigenvalue weighted by Gasteiger charge is 2.45. The smallest absolute Gasteiger partial charge is 0.328 e. The highest BCUT2D eigenvalue weighted by atomic mass is 32.2. The van der Waals surface area contributed by atoms with Gasteiger partial charge in [0, 0.05) is 23.7 Å². The summed E-state index contributed by atoms with van der Waals surface area (Å²) in [6.45, 7) is 0.689. The van der Waals surface area contributed by atoms with Crippen LogP contribution in [0.5, 0.6) is 0 Å². The summed E-state index contributed by atoms with van der Waals surface area (Å²) >= 11 is 2.96. The molecule has 9 nitrogen and oxygen atoms in total. The summed E-state index contributed by atoms with van der Waals surface area (Å²) in [4.78, 5) is 54.9. The quantitative estimate of drug-likeness (QED) is 0.441. The van der Waals surface area contributed by atoms with Crippen LogP contribution < -0.4 is 10.6 Å². The predicted octanol–water partition coefficient (Wildman–Crippen LogP) is 2.03. The van der Waals surface area contributed by atoms with Gasteiger partial charge in [-0.05, 0) is 50.0 Å². The van der Waals surface area contributed by atoms with Gasteiger partial charge in [-0.15, -0.1) is 11.8 Å². The second-order valence-corrected chi connectivity index (χ2v) is 9.72. The van der Waals surface area contributed by atoms with E-state index in [4.69, 9.17) is 4.74 Å². The Balaban J connectivity index is 1.69. The maximum Gasteiger partial charge on any atom is 0.328 e. The Hall–Kier alpha value is -2.40. The highest BCUT2D eigenvalue weighted by Crippen LogP contribution is 2.26. The molecule has 0 radical (unpaired) electrons. The van der Waals surface area contributed by atoms with E-state index in [2.05, 4.69) is 10.6 Å². The van der Waals surface area contributed by atoms with Gasteiger partial charge in [-0.2, -0.15) is 11.8 Å². The van der Waals surface area contributed by atoms with Crippen LogP contribution in [0.25, 0.3) is 0 Å². The van der Waals surface area contributed by atoms with E-state index in [-0.39, 0.29) is 30.2 Å². The predicted molar refractivity (Wildman–Crippen MR) is 129 cm³/mol. The van der Waals surface area contributed by atoms with Gasteiger partial charge in [-0.3, -0.25) is 9.59 Å². The van der Waals surface area contributed by atoms with Crippen LogP contribution in [0.4, 0.5) is 10.5 Å². The van der Waals surface area contributed by atoms with Gasteiger partial charge in [-0.1, -0.05) is 6.07 Å². The maximum atomic E-state index is 13.4. The van der Waals surface area contributed by atoms with Crippen LogP contribution in [0.15, 0.2) is 29.2 Å². The molecule has 2 heterocycles. The third-order valence-corrected chi connectivity index (χ3v) is 7.11. The number of rotatable bonds is 7. The lowest BCUT2D eigenvalue weighted by molar-refractivity contribution is -0.153. The van der Waals surface area contributed by atoms with Gasteiger partial charge < -0.3 is 25.2 Å². The number of likely N-dealkylation sites (tertiary alicyclic amines) is 2. The van der Waals surface area contributed by atoms with Crippen molar-refractivity contribution in [2.75, 3.05) is 43.8 Å². The molecule has 0 bridgehead atoms. The zero-order valence-electron chi connectivity index (χ0n) is 19.0. The number of hydrogen-bond donors (Lipinski definition) is 2. The topological polar surface area (TPSA) is 108 Å². The lowest BCUT2D eigenvalue weighted by Crippen LogP contribution is -2.51. The molecule has 1 aromatic rings. The van der Waals surface area contributed by atoms with Gasteiger partial charge in [-0.25, -0.2) is 9.59 Å². The first-order valence-corrected chi connectivity index (χ1v) is 13.4. The number of nitrogens with one attached hydrogen (secondary N) is 2. The summed E-state index contributed by atoms with van der Waals surface area (Å²) in [5.74, 6) is -0.630. The molecule has 0 aliphatic carbocycles. The van der Waals surface area contributed by atoms with Crippen molar-refractivity contribution in [3.8, 4) is 0 Å². The molecule has 33 heavy (non-hydrogen) atoms. The minimum absolute atomic E-state index is 0.160. The van der Waals surface area contributed by atoms with Gasteiger partial charge in [0.05, 0.1) is 18.9 Å². The molecule has 3 atom stereocenters. The van der Waals surface area contributed by atoms with Crippen molar-refractivity contribution in [2.24, 2.45) is 0 Å². The number of carbonyl (C=O) groups excluding carboxylic acids is 4. The lowest BCUT2D eigenvalue weighted by Gasteiger charge is -2.30. The van der Waals surface area contributed by atoms with E-state index >= 15 is 0 Å². The highest BCUT2D eigenvalue weighted by molar-refractivity contribution is 7.99. The fourth-order valence-corrected chi connectivity index (χ4v) is 5.19. The number of urea groups is 1. The molecule has 2 saturated heterocycles. The summed E-state index contributed by atoms with van der Waals surface area (Å²) in [6.07, 6.45) is 5.32. The molecular weight excluding hydrogens is 464 g/mol. The molecule has 3 unspecified atom stereocenters. The molecule has 4 amide bonds. The Bertz CT molecular complexity index is 899. The Morgan fingerprint density at radius 3 is 2.64 bits per heavy atom. The Morgan fingerprint density at radius 2 is 1.94 bits per heavy atom. The molecule has 2 fully saturated rings. The summed E-state index contributed by atoms with van der Waals surface area (Å²) in [7, 11) is 1.31. The van der Waals surface area contributed by atoms with Crippen LogP contribution in [0.1, 0.15) is 19.3 Å². The minimum atomic E-state index is -0.722. The molecule has 3 rings (SSSR count). The number of methoxy groups -OCH3 is 1. The molecule has 2 aliphatic heterocycles. The van der Waals surface area contributed by atoms with Crippen molar-refractivity contribution in [1.29, 1.82) is 0 Å². The number of carbonyl (C=O) groups is 4. The molecular formula is C22H30N4O5S2. The fourth-order valence-electron chi connectivity index (χ4n) is 4.31. The third kappa shape index (κ3) is 6.14. The SMILES string of the molecule is COC(=O)C1CCCN1C(=O)C1CC(NC(=O)Nc2cccc(SC)c2)CN1C(=O)CSC. The van der Waals surface area contributed by atoms with Gasteiger partial charge in [0.2, 0.25) is 11.8 Å². The monoisotopic (exact) mass is 494 g/mol. The Kier molecular flexibility index (Phi) is 8.90. The van der Waals surface area contributed by atoms with Gasteiger partial charge in [0.25, 0.3) is 0 Å². The first-order chi connectivity index (χ1) is 15.9. The molecule has 1 aromatic carbocycles.